The number of hydrogen-bond acceptors (Lipinski definition) is 5. The molecular formula is C22H25F3N4O3. The van der Waals surface area contributed by atoms with Crippen molar-refractivity contribution >= 4 is 23.0 Å². The largest absolute Gasteiger partial charge is 0.416 e. The van der Waals surface area contributed by atoms with Crippen LogP contribution in [0.3, 0.4) is 0 Å². The summed E-state index contributed by atoms with van der Waals surface area (Å²) >= 11 is 0. The Hall–Kier alpha value is -3.30. The quantitative estimate of drug-likeness (QED) is 0.538. The molecule has 172 valence electrons. The summed E-state index contributed by atoms with van der Waals surface area (Å²) in [6, 6.07) is 9.54. The molecule has 0 aliphatic carbocycles. The van der Waals surface area contributed by atoms with Gasteiger partial charge in [0.15, 0.2) is 0 Å². The molecule has 0 spiro atoms. The molecule has 1 aliphatic heterocycles. The van der Waals surface area contributed by atoms with Crippen molar-refractivity contribution in [2.24, 2.45) is 0 Å². The first-order valence-corrected chi connectivity index (χ1v) is 10.2. The van der Waals surface area contributed by atoms with Crippen LogP contribution in [-0.2, 0) is 11.0 Å². The molecule has 3 rings (SSSR count). The minimum atomic E-state index is -4.70. The highest BCUT2D eigenvalue weighted by atomic mass is 19.4. The van der Waals surface area contributed by atoms with Gasteiger partial charge >= 0.3 is 6.18 Å². The molecule has 0 bridgehead atoms. The van der Waals surface area contributed by atoms with Gasteiger partial charge in [0.25, 0.3) is 5.69 Å². The van der Waals surface area contributed by atoms with Crippen molar-refractivity contribution in [1.82, 2.24) is 4.90 Å². The summed E-state index contributed by atoms with van der Waals surface area (Å²) < 4.78 is 38.7. The van der Waals surface area contributed by atoms with E-state index < -0.39 is 28.4 Å². The number of alkyl halides is 3. The summed E-state index contributed by atoms with van der Waals surface area (Å²) in [5.74, 6) is -0.269. The van der Waals surface area contributed by atoms with E-state index in [2.05, 4.69) is 16.3 Å². The Morgan fingerprint density at radius 3 is 2.53 bits per heavy atom. The number of benzene rings is 2. The molecule has 1 fully saturated rings. The second-order valence-corrected chi connectivity index (χ2v) is 8.02. The molecule has 2 atom stereocenters. The standard InChI is InChI=1S/C22H25F3N4O3/c1-14-5-4-6-18(11-14)28-10-9-27(13-15(28)2)21(30)16(3)26-19-8-7-17(22(23,24)25)12-20(19)29(31)32/h4-8,11-12,15-16,26H,9-10,13H2,1-3H3/t15?,16-/m0/s1. The molecule has 2 aromatic rings. The molecule has 1 saturated heterocycles. The molecule has 1 N–H and O–H groups in total. The van der Waals surface area contributed by atoms with E-state index in [9.17, 15) is 28.1 Å². The van der Waals surface area contributed by atoms with Crippen molar-refractivity contribution in [1.29, 1.82) is 0 Å². The Balaban J connectivity index is 1.70. The second kappa shape index (κ2) is 9.05. The van der Waals surface area contributed by atoms with Crippen LogP contribution < -0.4 is 10.2 Å². The van der Waals surface area contributed by atoms with Crippen LogP contribution in [0.2, 0.25) is 0 Å². The molecule has 2 aromatic carbocycles. The third-order valence-electron chi connectivity index (χ3n) is 5.54. The van der Waals surface area contributed by atoms with Crippen molar-refractivity contribution in [2.45, 2.75) is 39.0 Å². The number of nitro benzene ring substituents is 1. The molecule has 1 heterocycles. The Labute approximate surface area is 184 Å². The Bertz CT molecular complexity index is 1010. The van der Waals surface area contributed by atoms with E-state index in [4.69, 9.17) is 0 Å². The number of anilines is 2. The first-order chi connectivity index (χ1) is 15.0. The van der Waals surface area contributed by atoms with E-state index >= 15 is 0 Å². The number of nitro groups is 1. The van der Waals surface area contributed by atoms with Crippen LogP contribution in [-0.4, -0.2) is 47.4 Å². The Morgan fingerprint density at radius 2 is 1.94 bits per heavy atom. The van der Waals surface area contributed by atoms with Gasteiger partial charge in [-0.3, -0.25) is 14.9 Å². The van der Waals surface area contributed by atoms with E-state index in [1.54, 1.807) is 11.8 Å². The van der Waals surface area contributed by atoms with Crippen LogP contribution in [0.15, 0.2) is 42.5 Å². The Kier molecular flexibility index (Phi) is 6.61. The molecule has 1 amide bonds. The molecule has 7 nitrogen and oxygen atoms in total. The van der Waals surface area contributed by atoms with Crippen molar-refractivity contribution in [3.63, 3.8) is 0 Å². The lowest BCUT2D eigenvalue weighted by molar-refractivity contribution is -0.384. The van der Waals surface area contributed by atoms with Crippen molar-refractivity contribution in [3.05, 3.63) is 63.7 Å². The summed E-state index contributed by atoms with van der Waals surface area (Å²) in [7, 11) is 0. The van der Waals surface area contributed by atoms with E-state index in [1.807, 2.05) is 32.0 Å². The van der Waals surface area contributed by atoms with Crippen LogP contribution in [0, 0.1) is 17.0 Å². The number of carbonyl (C=O) groups is 1. The third-order valence-corrected chi connectivity index (χ3v) is 5.54. The zero-order valence-corrected chi connectivity index (χ0v) is 18.0. The second-order valence-electron chi connectivity index (χ2n) is 8.02. The lowest BCUT2D eigenvalue weighted by Gasteiger charge is -2.42. The average Bonchev–Trinajstić information content (AvgIpc) is 2.72. The monoisotopic (exact) mass is 450 g/mol. The SMILES string of the molecule is Cc1cccc(N2CCN(C(=O)[C@H](C)Nc3ccc(C(F)(F)F)cc3[N+](=O)[O-])CC2C)c1. The van der Waals surface area contributed by atoms with Gasteiger partial charge in [0, 0.05) is 37.4 Å². The van der Waals surface area contributed by atoms with Crippen molar-refractivity contribution in [2.75, 3.05) is 29.9 Å². The normalized spacial score (nSPS) is 17.8. The third kappa shape index (κ3) is 5.12. The number of rotatable bonds is 5. The van der Waals surface area contributed by atoms with Crippen LogP contribution in [0.25, 0.3) is 0 Å². The average molecular weight is 450 g/mol. The Morgan fingerprint density at radius 1 is 1.22 bits per heavy atom. The number of aryl methyl sites for hydroxylation is 1. The molecule has 32 heavy (non-hydrogen) atoms. The van der Waals surface area contributed by atoms with Gasteiger partial charge in [0.1, 0.15) is 11.7 Å². The molecular weight excluding hydrogens is 425 g/mol. The number of halogens is 3. The molecule has 1 aliphatic rings. The van der Waals surface area contributed by atoms with E-state index in [1.165, 1.54) is 0 Å². The summed E-state index contributed by atoms with van der Waals surface area (Å²) in [4.78, 5) is 27.2. The van der Waals surface area contributed by atoms with Crippen LogP contribution in [0.5, 0.6) is 0 Å². The lowest BCUT2D eigenvalue weighted by Crippen LogP contribution is -2.56. The number of nitrogens with zero attached hydrogens (tertiary/aromatic N) is 3. The minimum absolute atomic E-state index is 0.0575. The number of carbonyl (C=O) groups excluding carboxylic acids is 1. The summed E-state index contributed by atoms with van der Waals surface area (Å²) in [6.45, 7) is 7.14. The maximum atomic E-state index is 12.9. The van der Waals surface area contributed by atoms with Gasteiger partial charge < -0.3 is 15.1 Å². The van der Waals surface area contributed by atoms with Gasteiger partial charge in [0.2, 0.25) is 5.91 Å². The fraction of sp³-hybridized carbons (Fsp3) is 0.409. The van der Waals surface area contributed by atoms with E-state index in [0.29, 0.717) is 25.7 Å². The molecule has 10 heteroatoms. The van der Waals surface area contributed by atoms with Gasteiger partial charge in [-0.1, -0.05) is 12.1 Å². The van der Waals surface area contributed by atoms with Crippen molar-refractivity contribution < 1.29 is 22.9 Å². The molecule has 0 aromatic heterocycles. The summed E-state index contributed by atoms with van der Waals surface area (Å²) in [6.07, 6.45) is -4.70. The minimum Gasteiger partial charge on any atom is -0.368 e. The fourth-order valence-electron chi connectivity index (χ4n) is 3.90. The van der Waals surface area contributed by atoms with Gasteiger partial charge in [-0.15, -0.1) is 0 Å². The number of hydrogen-bond donors (Lipinski definition) is 1. The highest BCUT2D eigenvalue weighted by molar-refractivity contribution is 5.85. The summed E-state index contributed by atoms with van der Waals surface area (Å²) in [5.41, 5.74) is 0.252. The first-order valence-electron chi connectivity index (χ1n) is 10.2. The van der Waals surface area contributed by atoms with Crippen LogP contribution >= 0.6 is 0 Å². The van der Waals surface area contributed by atoms with Crippen LogP contribution in [0.1, 0.15) is 25.0 Å². The molecule has 0 radical (unpaired) electrons. The predicted octanol–water partition coefficient (Wildman–Crippen LogP) is 4.46. The maximum absolute atomic E-state index is 12.9. The van der Waals surface area contributed by atoms with Crippen LogP contribution in [0.4, 0.5) is 30.2 Å². The number of nitrogens with one attached hydrogen (secondary N) is 1. The van der Waals surface area contributed by atoms with E-state index in [-0.39, 0.29) is 17.6 Å². The van der Waals surface area contributed by atoms with E-state index in [0.717, 1.165) is 23.4 Å². The lowest BCUT2D eigenvalue weighted by atomic mass is 10.1. The van der Waals surface area contributed by atoms with Gasteiger partial charge in [0.05, 0.1) is 10.5 Å². The van der Waals surface area contributed by atoms with Gasteiger partial charge in [-0.05, 0) is 50.6 Å². The zero-order chi connectivity index (χ0) is 23.6. The van der Waals surface area contributed by atoms with Gasteiger partial charge in [-0.2, -0.15) is 13.2 Å². The predicted molar refractivity (Wildman–Crippen MR) is 116 cm³/mol. The summed E-state index contributed by atoms with van der Waals surface area (Å²) in [5, 5.41) is 14.0. The fourth-order valence-corrected chi connectivity index (χ4v) is 3.90. The highest BCUT2D eigenvalue weighted by Crippen LogP contribution is 2.35. The zero-order valence-electron chi connectivity index (χ0n) is 18.0. The molecule has 0 saturated carbocycles. The maximum Gasteiger partial charge on any atom is 0.416 e. The number of piperazine rings is 1. The highest BCUT2D eigenvalue weighted by Gasteiger charge is 2.34. The smallest absolute Gasteiger partial charge is 0.368 e. The van der Waals surface area contributed by atoms with Crippen molar-refractivity contribution in [3.8, 4) is 0 Å². The topological polar surface area (TPSA) is 78.7 Å². The first kappa shape index (κ1) is 23.4. The number of amides is 1. The molecule has 1 unspecified atom stereocenters. The van der Waals surface area contributed by atoms with Gasteiger partial charge in [-0.25, -0.2) is 0 Å².